The van der Waals surface area contributed by atoms with Gasteiger partial charge in [0, 0.05) is 44.0 Å². The van der Waals surface area contributed by atoms with E-state index in [4.69, 9.17) is 0 Å². The first kappa shape index (κ1) is 15.5. The average Bonchev–Trinajstić information content (AvgIpc) is 2.89. The molecule has 114 valence electrons. The molecular formula is C16H30N4. The van der Waals surface area contributed by atoms with Crippen LogP contribution in [0, 0.1) is 5.92 Å². The van der Waals surface area contributed by atoms with Crippen molar-refractivity contribution >= 4 is 0 Å². The number of aromatic nitrogens is 2. The van der Waals surface area contributed by atoms with Gasteiger partial charge in [0.05, 0.1) is 5.69 Å². The van der Waals surface area contributed by atoms with E-state index in [0.717, 1.165) is 25.6 Å². The van der Waals surface area contributed by atoms with Crippen LogP contribution in [-0.2, 0) is 6.54 Å². The molecule has 0 aliphatic carbocycles. The molecule has 20 heavy (non-hydrogen) atoms. The molecule has 1 aromatic rings. The van der Waals surface area contributed by atoms with E-state index in [9.17, 15) is 0 Å². The lowest BCUT2D eigenvalue weighted by Crippen LogP contribution is -2.56. The van der Waals surface area contributed by atoms with Gasteiger partial charge in [-0.05, 0) is 32.8 Å². The molecule has 0 amide bonds. The molecule has 3 unspecified atom stereocenters. The Hall–Kier alpha value is -0.870. The minimum Gasteiger partial charge on any atom is -0.311 e. The van der Waals surface area contributed by atoms with Crippen LogP contribution in [0.3, 0.4) is 0 Å². The van der Waals surface area contributed by atoms with Crippen LogP contribution in [0.1, 0.15) is 52.8 Å². The van der Waals surface area contributed by atoms with Gasteiger partial charge >= 0.3 is 0 Å². The van der Waals surface area contributed by atoms with E-state index in [1.165, 1.54) is 12.1 Å². The highest BCUT2D eigenvalue weighted by molar-refractivity contribution is 5.01. The predicted octanol–water partition coefficient (Wildman–Crippen LogP) is 2.67. The predicted molar refractivity (Wildman–Crippen MR) is 83.7 cm³/mol. The number of hydrogen-bond donors (Lipinski definition) is 1. The Morgan fingerprint density at radius 3 is 2.75 bits per heavy atom. The first-order valence-corrected chi connectivity index (χ1v) is 8.02. The summed E-state index contributed by atoms with van der Waals surface area (Å²) in [4.78, 5) is 2.57. The average molecular weight is 278 g/mol. The van der Waals surface area contributed by atoms with E-state index >= 15 is 0 Å². The van der Waals surface area contributed by atoms with Crippen molar-refractivity contribution in [3.63, 3.8) is 0 Å². The first-order valence-electron chi connectivity index (χ1n) is 8.02. The third kappa shape index (κ3) is 3.61. The summed E-state index contributed by atoms with van der Waals surface area (Å²) in [6.07, 6.45) is 3.33. The summed E-state index contributed by atoms with van der Waals surface area (Å²) in [5.74, 6) is 0.734. The summed E-state index contributed by atoms with van der Waals surface area (Å²) >= 11 is 0. The molecule has 0 aromatic carbocycles. The highest BCUT2D eigenvalue weighted by Crippen LogP contribution is 2.17. The van der Waals surface area contributed by atoms with Gasteiger partial charge < -0.3 is 5.32 Å². The van der Waals surface area contributed by atoms with E-state index in [2.05, 4.69) is 62.2 Å². The number of hydrogen-bond acceptors (Lipinski definition) is 3. The van der Waals surface area contributed by atoms with Crippen molar-refractivity contribution in [3.8, 4) is 0 Å². The Labute approximate surface area is 123 Å². The zero-order valence-corrected chi connectivity index (χ0v) is 13.6. The molecule has 1 aliphatic heterocycles. The highest BCUT2D eigenvalue weighted by Gasteiger charge is 2.28. The molecule has 1 aromatic heterocycles. The molecule has 0 bridgehead atoms. The Morgan fingerprint density at radius 2 is 2.15 bits per heavy atom. The first-order chi connectivity index (χ1) is 9.51. The lowest BCUT2D eigenvalue weighted by atomic mass is 9.95. The van der Waals surface area contributed by atoms with E-state index in [0.29, 0.717) is 18.1 Å². The largest absolute Gasteiger partial charge is 0.311 e. The number of piperazine rings is 1. The third-order valence-corrected chi connectivity index (χ3v) is 4.62. The van der Waals surface area contributed by atoms with Gasteiger partial charge in [0.25, 0.3) is 0 Å². The summed E-state index contributed by atoms with van der Waals surface area (Å²) in [5.41, 5.74) is 1.19. The van der Waals surface area contributed by atoms with Crippen LogP contribution in [0.15, 0.2) is 12.3 Å². The summed E-state index contributed by atoms with van der Waals surface area (Å²) in [6.45, 7) is 14.4. The molecule has 1 fully saturated rings. The van der Waals surface area contributed by atoms with Crippen LogP contribution in [0.25, 0.3) is 0 Å². The van der Waals surface area contributed by atoms with Gasteiger partial charge in [0.2, 0.25) is 0 Å². The minimum atomic E-state index is 0.442. The molecule has 1 N–H and O–H groups in total. The van der Waals surface area contributed by atoms with Crippen LogP contribution in [-0.4, -0.2) is 39.9 Å². The Morgan fingerprint density at radius 1 is 1.40 bits per heavy atom. The van der Waals surface area contributed by atoms with E-state index in [1.807, 2.05) is 4.68 Å². The lowest BCUT2D eigenvalue weighted by Gasteiger charge is -2.40. The molecule has 1 aliphatic rings. The number of nitrogens with one attached hydrogen (secondary N) is 1. The van der Waals surface area contributed by atoms with Crippen LogP contribution >= 0.6 is 0 Å². The third-order valence-electron chi connectivity index (χ3n) is 4.62. The van der Waals surface area contributed by atoms with Gasteiger partial charge in [-0.1, -0.05) is 20.3 Å². The van der Waals surface area contributed by atoms with Gasteiger partial charge in [0.15, 0.2) is 0 Å². The fourth-order valence-electron chi connectivity index (χ4n) is 2.79. The monoisotopic (exact) mass is 278 g/mol. The second kappa shape index (κ2) is 6.72. The topological polar surface area (TPSA) is 33.1 Å². The van der Waals surface area contributed by atoms with Gasteiger partial charge in [-0.25, -0.2) is 0 Å². The Balaban J connectivity index is 1.98. The van der Waals surface area contributed by atoms with Crippen molar-refractivity contribution in [1.82, 2.24) is 20.0 Å². The summed E-state index contributed by atoms with van der Waals surface area (Å²) in [5, 5.41) is 8.37. The molecule has 4 heteroatoms. The van der Waals surface area contributed by atoms with E-state index in [1.54, 1.807) is 0 Å². The number of nitrogens with zero attached hydrogens (tertiary/aromatic N) is 3. The Bertz CT molecular complexity index is 412. The second-order valence-electron chi connectivity index (χ2n) is 6.56. The van der Waals surface area contributed by atoms with Gasteiger partial charge in [-0.15, -0.1) is 0 Å². The zero-order valence-electron chi connectivity index (χ0n) is 13.6. The molecule has 2 rings (SSSR count). The van der Waals surface area contributed by atoms with E-state index in [-0.39, 0.29) is 0 Å². The van der Waals surface area contributed by atoms with Crippen molar-refractivity contribution in [2.75, 3.05) is 13.1 Å². The molecule has 0 spiro atoms. The standard InChI is InChI=1S/C16H30N4/c1-6-13(4)16-11-19(14(5)9-17-16)10-15-7-8-20(18-15)12(2)3/h7-8,12-14,16-17H,6,9-11H2,1-5H3. The lowest BCUT2D eigenvalue weighted by molar-refractivity contribution is 0.110. The van der Waals surface area contributed by atoms with Crippen molar-refractivity contribution in [1.29, 1.82) is 0 Å². The van der Waals surface area contributed by atoms with Crippen molar-refractivity contribution < 1.29 is 0 Å². The molecule has 1 saturated heterocycles. The van der Waals surface area contributed by atoms with Crippen LogP contribution in [0.5, 0.6) is 0 Å². The van der Waals surface area contributed by atoms with Crippen molar-refractivity contribution in [2.24, 2.45) is 5.92 Å². The maximum Gasteiger partial charge on any atom is 0.0765 e. The van der Waals surface area contributed by atoms with Gasteiger partial charge in [-0.2, -0.15) is 5.10 Å². The molecule has 3 atom stereocenters. The zero-order chi connectivity index (χ0) is 14.7. The molecule has 0 radical (unpaired) electrons. The van der Waals surface area contributed by atoms with Gasteiger partial charge in [0.1, 0.15) is 0 Å². The maximum atomic E-state index is 4.68. The molecule has 4 nitrogen and oxygen atoms in total. The molecule has 2 heterocycles. The normalized spacial score (nSPS) is 26.1. The summed E-state index contributed by atoms with van der Waals surface area (Å²) < 4.78 is 2.05. The maximum absolute atomic E-state index is 4.68. The smallest absolute Gasteiger partial charge is 0.0765 e. The molecule has 0 saturated carbocycles. The fourth-order valence-corrected chi connectivity index (χ4v) is 2.79. The quantitative estimate of drug-likeness (QED) is 0.899. The number of rotatable bonds is 5. The van der Waals surface area contributed by atoms with Crippen LogP contribution in [0.4, 0.5) is 0 Å². The highest BCUT2D eigenvalue weighted by atomic mass is 15.3. The van der Waals surface area contributed by atoms with Crippen molar-refractivity contribution in [2.45, 2.75) is 65.7 Å². The SMILES string of the molecule is CCC(C)C1CN(Cc2ccn(C(C)C)n2)C(C)CN1. The molecular weight excluding hydrogens is 248 g/mol. The fraction of sp³-hybridized carbons (Fsp3) is 0.812. The van der Waals surface area contributed by atoms with Crippen molar-refractivity contribution in [3.05, 3.63) is 18.0 Å². The summed E-state index contributed by atoms with van der Waals surface area (Å²) in [6, 6.07) is 3.80. The summed E-state index contributed by atoms with van der Waals surface area (Å²) in [7, 11) is 0. The van der Waals surface area contributed by atoms with Crippen LogP contribution < -0.4 is 5.32 Å². The van der Waals surface area contributed by atoms with E-state index < -0.39 is 0 Å². The van der Waals surface area contributed by atoms with Crippen LogP contribution in [0.2, 0.25) is 0 Å². The Kier molecular flexibility index (Phi) is 5.22. The minimum absolute atomic E-state index is 0.442. The second-order valence-corrected chi connectivity index (χ2v) is 6.56. The van der Waals surface area contributed by atoms with Gasteiger partial charge in [-0.3, -0.25) is 9.58 Å².